The number of aromatic nitrogens is 3. The van der Waals surface area contributed by atoms with Gasteiger partial charge in [0.1, 0.15) is 17.5 Å². The van der Waals surface area contributed by atoms with E-state index in [1.807, 2.05) is 13.0 Å². The first-order chi connectivity index (χ1) is 13.0. The zero-order chi connectivity index (χ0) is 19.1. The van der Waals surface area contributed by atoms with Gasteiger partial charge < -0.3 is 10.7 Å². The minimum Gasteiger partial charge on any atom is -0.384 e. The number of aromatic amines is 1. The second kappa shape index (κ2) is 6.32. The van der Waals surface area contributed by atoms with Crippen LogP contribution < -0.4 is 5.73 Å². The molecule has 0 fully saturated rings. The van der Waals surface area contributed by atoms with Crippen LogP contribution in [0.25, 0.3) is 27.9 Å². The summed E-state index contributed by atoms with van der Waals surface area (Å²) >= 11 is 0. The summed E-state index contributed by atoms with van der Waals surface area (Å²) in [6.45, 7) is 2.04. The summed E-state index contributed by atoms with van der Waals surface area (Å²) in [7, 11) is 0. The van der Waals surface area contributed by atoms with Gasteiger partial charge in [-0.15, -0.1) is 0 Å². The van der Waals surface area contributed by atoms with Gasteiger partial charge in [0.2, 0.25) is 0 Å². The van der Waals surface area contributed by atoms with Crippen LogP contribution in [-0.4, -0.2) is 15.0 Å². The van der Waals surface area contributed by atoms with Crippen molar-refractivity contribution in [1.82, 2.24) is 15.0 Å². The molecule has 0 spiro atoms. The number of rotatable bonds is 2. The number of hydrogen-bond acceptors (Lipinski definition) is 4. The number of nitrogens with two attached hydrogens (primary N) is 1. The molecule has 2 aromatic heterocycles. The molecule has 134 valence electrons. The van der Waals surface area contributed by atoms with Crippen LogP contribution in [0.2, 0.25) is 0 Å². The summed E-state index contributed by atoms with van der Waals surface area (Å²) in [6, 6.07) is 5.82. The Labute approximate surface area is 153 Å². The van der Waals surface area contributed by atoms with Crippen LogP contribution in [0.1, 0.15) is 19.0 Å². The van der Waals surface area contributed by atoms with Gasteiger partial charge in [-0.05, 0) is 30.1 Å². The van der Waals surface area contributed by atoms with Crippen LogP contribution in [0, 0.1) is 28.9 Å². The van der Waals surface area contributed by atoms with E-state index in [9.17, 15) is 14.0 Å². The molecule has 27 heavy (non-hydrogen) atoms. The summed E-state index contributed by atoms with van der Waals surface area (Å²) in [5.41, 5.74) is 8.41. The van der Waals surface area contributed by atoms with E-state index in [1.54, 1.807) is 12.1 Å². The standard InChI is InChI=1S/C20H15F2N5/c1-10-2-3-11(8-23)13(4-10)17-7-18(24)27-20(26-17)15-9-25-19-14(15)5-12(21)6-16(19)22/h2-3,5-7,9-10,25H,4H2,1H3,(H2,24,26,27). The Kier molecular flexibility index (Phi) is 3.96. The predicted molar refractivity (Wildman–Crippen MR) is 99.1 cm³/mol. The van der Waals surface area contributed by atoms with Crippen LogP contribution in [0.5, 0.6) is 0 Å². The van der Waals surface area contributed by atoms with Gasteiger partial charge in [-0.2, -0.15) is 5.26 Å². The van der Waals surface area contributed by atoms with Gasteiger partial charge in [-0.1, -0.05) is 13.0 Å². The van der Waals surface area contributed by atoms with Crippen molar-refractivity contribution in [3.63, 3.8) is 0 Å². The summed E-state index contributed by atoms with van der Waals surface area (Å²) in [4.78, 5) is 11.6. The van der Waals surface area contributed by atoms with Crippen LogP contribution >= 0.6 is 0 Å². The van der Waals surface area contributed by atoms with Crippen molar-refractivity contribution in [1.29, 1.82) is 5.26 Å². The fourth-order valence-corrected chi connectivity index (χ4v) is 3.29. The lowest BCUT2D eigenvalue weighted by molar-refractivity contribution is 0.591. The molecule has 1 aliphatic carbocycles. The Morgan fingerprint density at radius 3 is 2.85 bits per heavy atom. The molecule has 0 saturated heterocycles. The Morgan fingerprint density at radius 1 is 1.26 bits per heavy atom. The van der Waals surface area contributed by atoms with Crippen molar-refractivity contribution in [3.05, 3.63) is 59.4 Å². The number of hydrogen-bond donors (Lipinski definition) is 2. The molecule has 0 amide bonds. The highest BCUT2D eigenvalue weighted by Crippen LogP contribution is 2.34. The number of anilines is 1. The zero-order valence-corrected chi connectivity index (χ0v) is 14.4. The lowest BCUT2D eigenvalue weighted by atomic mass is 9.89. The number of benzene rings is 1. The van der Waals surface area contributed by atoms with E-state index >= 15 is 0 Å². The molecule has 5 nitrogen and oxygen atoms in total. The first kappa shape index (κ1) is 16.9. The number of fused-ring (bicyclic) bond motifs is 1. The number of H-pyrrole nitrogens is 1. The number of allylic oxidation sites excluding steroid dienone is 4. The van der Waals surface area contributed by atoms with Crippen molar-refractivity contribution >= 4 is 22.3 Å². The van der Waals surface area contributed by atoms with E-state index in [0.717, 1.165) is 11.6 Å². The number of nitriles is 1. The number of nitrogens with one attached hydrogen (secondary N) is 1. The third-order valence-corrected chi connectivity index (χ3v) is 4.57. The van der Waals surface area contributed by atoms with E-state index < -0.39 is 11.6 Å². The average molecular weight is 363 g/mol. The third kappa shape index (κ3) is 2.95. The lowest BCUT2D eigenvalue weighted by Crippen LogP contribution is -2.06. The van der Waals surface area contributed by atoms with Gasteiger partial charge in [-0.3, -0.25) is 0 Å². The van der Waals surface area contributed by atoms with E-state index in [4.69, 9.17) is 5.73 Å². The maximum Gasteiger partial charge on any atom is 0.164 e. The van der Waals surface area contributed by atoms with Crippen LogP contribution in [0.15, 0.2) is 42.1 Å². The van der Waals surface area contributed by atoms with Crippen LogP contribution in [0.4, 0.5) is 14.6 Å². The SMILES string of the molecule is CC1C=CC(C#N)=C(c2cc(N)nc(-c3c[nH]c4c(F)cc(F)cc34)n2)C1. The fourth-order valence-electron chi connectivity index (χ4n) is 3.29. The van der Waals surface area contributed by atoms with Crippen molar-refractivity contribution < 1.29 is 8.78 Å². The monoisotopic (exact) mass is 363 g/mol. The van der Waals surface area contributed by atoms with Gasteiger partial charge in [0, 0.05) is 29.3 Å². The molecule has 1 aliphatic rings. The van der Waals surface area contributed by atoms with Gasteiger partial charge in [0.05, 0.1) is 22.9 Å². The quantitative estimate of drug-likeness (QED) is 0.708. The van der Waals surface area contributed by atoms with E-state index in [1.165, 1.54) is 12.3 Å². The normalized spacial score (nSPS) is 16.7. The van der Waals surface area contributed by atoms with E-state index in [-0.39, 0.29) is 23.1 Å². The molecular weight excluding hydrogens is 348 g/mol. The molecule has 4 rings (SSSR count). The van der Waals surface area contributed by atoms with Gasteiger partial charge in [-0.25, -0.2) is 18.7 Å². The molecule has 1 unspecified atom stereocenters. The lowest BCUT2D eigenvalue weighted by Gasteiger charge is -2.17. The molecular formula is C20H15F2N5. The first-order valence-electron chi connectivity index (χ1n) is 8.39. The molecule has 0 bridgehead atoms. The van der Waals surface area contributed by atoms with Gasteiger partial charge in [0.25, 0.3) is 0 Å². The number of nitrogens with zero attached hydrogens (tertiary/aromatic N) is 3. The van der Waals surface area contributed by atoms with Crippen molar-refractivity contribution in [3.8, 4) is 17.5 Å². The molecule has 0 aliphatic heterocycles. The summed E-state index contributed by atoms with van der Waals surface area (Å²) in [5.74, 6) is -0.665. The Bertz CT molecular complexity index is 1170. The van der Waals surface area contributed by atoms with Gasteiger partial charge in [0.15, 0.2) is 5.82 Å². The molecule has 7 heteroatoms. The Balaban J connectivity index is 1.91. The molecule has 3 N–H and O–H groups in total. The highest BCUT2D eigenvalue weighted by Gasteiger charge is 2.19. The molecule has 2 heterocycles. The van der Waals surface area contributed by atoms with Crippen molar-refractivity contribution in [2.24, 2.45) is 5.92 Å². The maximum atomic E-state index is 14.0. The largest absolute Gasteiger partial charge is 0.384 e. The predicted octanol–water partition coefficient (Wildman–Crippen LogP) is 4.36. The van der Waals surface area contributed by atoms with E-state index in [2.05, 4.69) is 21.0 Å². The summed E-state index contributed by atoms with van der Waals surface area (Å²) in [6.07, 6.45) is 5.91. The van der Waals surface area contributed by atoms with Gasteiger partial charge >= 0.3 is 0 Å². The molecule has 3 aromatic rings. The third-order valence-electron chi connectivity index (χ3n) is 4.57. The number of halogens is 2. The number of nitrogen functional groups attached to an aromatic ring is 1. The van der Waals surface area contributed by atoms with Crippen LogP contribution in [0.3, 0.4) is 0 Å². The Hall–Kier alpha value is -3.53. The molecule has 1 aromatic carbocycles. The fraction of sp³-hybridized carbons (Fsp3) is 0.150. The second-order valence-electron chi connectivity index (χ2n) is 6.56. The van der Waals surface area contributed by atoms with E-state index in [0.29, 0.717) is 28.6 Å². The second-order valence-corrected chi connectivity index (χ2v) is 6.56. The minimum atomic E-state index is -0.693. The summed E-state index contributed by atoms with van der Waals surface area (Å²) < 4.78 is 27.7. The highest BCUT2D eigenvalue weighted by atomic mass is 19.1. The van der Waals surface area contributed by atoms with Crippen LogP contribution in [-0.2, 0) is 0 Å². The minimum absolute atomic E-state index is 0.171. The topological polar surface area (TPSA) is 91.4 Å². The summed E-state index contributed by atoms with van der Waals surface area (Å²) in [5, 5.41) is 9.74. The molecule has 0 radical (unpaired) electrons. The Morgan fingerprint density at radius 2 is 2.07 bits per heavy atom. The smallest absolute Gasteiger partial charge is 0.164 e. The maximum absolute atomic E-state index is 14.0. The zero-order valence-electron chi connectivity index (χ0n) is 14.4. The van der Waals surface area contributed by atoms with Crippen molar-refractivity contribution in [2.45, 2.75) is 13.3 Å². The average Bonchev–Trinajstić information content (AvgIpc) is 3.05. The molecule has 1 atom stereocenters. The molecule has 0 saturated carbocycles. The van der Waals surface area contributed by atoms with Crippen molar-refractivity contribution in [2.75, 3.05) is 5.73 Å². The first-order valence-corrected chi connectivity index (χ1v) is 8.39. The highest BCUT2D eigenvalue weighted by molar-refractivity contribution is 5.94.